The zero-order chi connectivity index (χ0) is 20.3. The number of amides is 3. The van der Waals surface area contributed by atoms with E-state index in [0.29, 0.717) is 6.54 Å². The fourth-order valence-electron chi connectivity index (χ4n) is 2.13. The molecule has 1 aromatic rings. The minimum atomic E-state index is -0.856. The topological polar surface area (TPSA) is 106 Å². The van der Waals surface area contributed by atoms with Crippen LogP contribution in [-0.4, -0.2) is 42.9 Å². The van der Waals surface area contributed by atoms with Crippen molar-refractivity contribution in [3.05, 3.63) is 35.9 Å². The van der Waals surface area contributed by atoms with E-state index in [-0.39, 0.29) is 25.5 Å². The fourth-order valence-corrected chi connectivity index (χ4v) is 2.13. The second kappa shape index (κ2) is 11.1. The molecule has 0 heterocycles. The zero-order valence-electron chi connectivity index (χ0n) is 16.3. The summed E-state index contributed by atoms with van der Waals surface area (Å²) in [6.45, 7) is 7.65. The maximum atomic E-state index is 12.5. The number of alkyl carbamates (subject to hydrolysis) is 2. The Kier molecular flexibility index (Phi) is 9.12. The van der Waals surface area contributed by atoms with Crippen molar-refractivity contribution in [3.8, 4) is 0 Å². The summed E-state index contributed by atoms with van der Waals surface area (Å²) in [6.07, 6.45) is -1.07. The van der Waals surface area contributed by atoms with Gasteiger partial charge in [-0.05, 0) is 39.7 Å². The van der Waals surface area contributed by atoms with Crippen molar-refractivity contribution in [2.24, 2.45) is 0 Å². The van der Waals surface area contributed by atoms with Gasteiger partial charge in [-0.15, -0.1) is 0 Å². The largest absolute Gasteiger partial charge is 0.450 e. The number of benzene rings is 1. The summed E-state index contributed by atoms with van der Waals surface area (Å²) in [5.74, 6) is -0.365. The monoisotopic (exact) mass is 379 g/mol. The van der Waals surface area contributed by atoms with E-state index < -0.39 is 23.8 Å². The smallest absolute Gasteiger partial charge is 0.408 e. The van der Waals surface area contributed by atoms with E-state index in [1.807, 2.05) is 30.3 Å². The summed E-state index contributed by atoms with van der Waals surface area (Å²) in [5.41, 5.74) is 0.254. The maximum Gasteiger partial charge on any atom is 0.408 e. The third-order valence-corrected chi connectivity index (χ3v) is 3.29. The Morgan fingerprint density at radius 1 is 1.04 bits per heavy atom. The fraction of sp³-hybridized carbons (Fsp3) is 0.526. The van der Waals surface area contributed by atoms with Gasteiger partial charge in [0, 0.05) is 13.1 Å². The van der Waals surface area contributed by atoms with E-state index in [1.165, 1.54) is 0 Å². The minimum absolute atomic E-state index is 0.165. The lowest BCUT2D eigenvalue weighted by Crippen LogP contribution is -2.49. The predicted octanol–water partition coefficient (Wildman–Crippen LogP) is 2.33. The van der Waals surface area contributed by atoms with Gasteiger partial charge in [0.2, 0.25) is 5.91 Å². The molecule has 0 saturated heterocycles. The number of carbonyl (C=O) groups is 3. The van der Waals surface area contributed by atoms with E-state index in [9.17, 15) is 14.4 Å². The molecule has 1 unspecified atom stereocenters. The molecular formula is C19H29N3O5. The lowest BCUT2D eigenvalue weighted by Gasteiger charge is -2.23. The van der Waals surface area contributed by atoms with Gasteiger partial charge in [0.1, 0.15) is 11.6 Å². The molecule has 0 aromatic heterocycles. The number of nitrogens with one attached hydrogen (secondary N) is 3. The van der Waals surface area contributed by atoms with Gasteiger partial charge in [0.05, 0.1) is 6.61 Å². The van der Waals surface area contributed by atoms with E-state index in [1.54, 1.807) is 27.7 Å². The van der Waals surface area contributed by atoms with E-state index in [0.717, 1.165) is 5.56 Å². The van der Waals surface area contributed by atoms with Gasteiger partial charge >= 0.3 is 12.2 Å². The first kappa shape index (κ1) is 22.3. The first-order valence-corrected chi connectivity index (χ1v) is 8.93. The Bertz CT molecular complexity index is 614. The van der Waals surface area contributed by atoms with Crippen LogP contribution in [0.4, 0.5) is 9.59 Å². The molecule has 1 aromatic carbocycles. The molecule has 0 spiro atoms. The van der Waals surface area contributed by atoms with Crippen LogP contribution in [-0.2, 0) is 20.8 Å². The molecule has 0 bridgehead atoms. The van der Waals surface area contributed by atoms with Crippen LogP contribution >= 0.6 is 0 Å². The molecule has 3 amide bonds. The summed E-state index contributed by atoms with van der Waals surface area (Å²) in [4.78, 5) is 35.9. The standard InChI is InChI=1S/C19H29N3O5/c1-5-26-17(24)20-12-11-15(22-18(25)27-19(2,3)4)16(23)21-13-14-9-7-6-8-10-14/h6-10,15H,5,11-13H2,1-4H3,(H,20,24)(H,21,23)(H,22,25). The molecule has 27 heavy (non-hydrogen) atoms. The first-order valence-electron chi connectivity index (χ1n) is 8.93. The average Bonchev–Trinajstić information content (AvgIpc) is 2.58. The van der Waals surface area contributed by atoms with Gasteiger partial charge in [-0.25, -0.2) is 9.59 Å². The third-order valence-electron chi connectivity index (χ3n) is 3.29. The van der Waals surface area contributed by atoms with Crippen molar-refractivity contribution in [1.29, 1.82) is 0 Å². The number of hydrogen-bond donors (Lipinski definition) is 3. The van der Waals surface area contributed by atoms with E-state index in [4.69, 9.17) is 9.47 Å². The Balaban J connectivity index is 2.62. The van der Waals surface area contributed by atoms with Crippen molar-refractivity contribution < 1.29 is 23.9 Å². The van der Waals surface area contributed by atoms with Gasteiger partial charge in [0.25, 0.3) is 0 Å². The minimum Gasteiger partial charge on any atom is -0.450 e. The quantitative estimate of drug-likeness (QED) is 0.643. The molecule has 3 N–H and O–H groups in total. The van der Waals surface area contributed by atoms with Crippen molar-refractivity contribution in [1.82, 2.24) is 16.0 Å². The van der Waals surface area contributed by atoms with E-state index in [2.05, 4.69) is 16.0 Å². The maximum absolute atomic E-state index is 12.5. The van der Waals surface area contributed by atoms with E-state index >= 15 is 0 Å². The highest BCUT2D eigenvalue weighted by molar-refractivity contribution is 5.85. The SMILES string of the molecule is CCOC(=O)NCCC(NC(=O)OC(C)(C)C)C(=O)NCc1ccccc1. The molecule has 0 aliphatic rings. The molecule has 0 aliphatic carbocycles. The summed E-state index contributed by atoms with van der Waals surface area (Å²) in [7, 11) is 0. The summed E-state index contributed by atoms with van der Waals surface area (Å²) < 4.78 is 9.98. The summed E-state index contributed by atoms with van der Waals surface area (Å²) >= 11 is 0. The first-order chi connectivity index (χ1) is 12.7. The van der Waals surface area contributed by atoms with Crippen LogP contribution in [0.25, 0.3) is 0 Å². The van der Waals surface area contributed by atoms with Gasteiger partial charge in [-0.2, -0.15) is 0 Å². The molecule has 0 saturated carbocycles. The number of rotatable bonds is 8. The molecule has 0 radical (unpaired) electrons. The van der Waals surface area contributed by atoms with Crippen molar-refractivity contribution in [3.63, 3.8) is 0 Å². The van der Waals surface area contributed by atoms with Gasteiger partial charge < -0.3 is 25.4 Å². The zero-order valence-corrected chi connectivity index (χ0v) is 16.3. The molecule has 0 aliphatic heterocycles. The highest BCUT2D eigenvalue weighted by atomic mass is 16.6. The van der Waals surface area contributed by atoms with Crippen molar-refractivity contribution in [2.75, 3.05) is 13.2 Å². The second-order valence-electron chi connectivity index (χ2n) is 6.84. The van der Waals surface area contributed by atoms with Crippen LogP contribution in [0.15, 0.2) is 30.3 Å². The Morgan fingerprint density at radius 2 is 1.70 bits per heavy atom. The van der Waals surface area contributed by atoms with Gasteiger partial charge in [-0.3, -0.25) is 4.79 Å². The number of carbonyl (C=O) groups excluding carboxylic acids is 3. The Hall–Kier alpha value is -2.77. The normalized spacial score (nSPS) is 11.9. The molecule has 150 valence electrons. The summed E-state index contributed by atoms with van der Waals surface area (Å²) in [6, 6.07) is 8.56. The molecule has 0 fully saturated rings. The van der Waals surface area contributed by atoms with Crippen LogP contribution < -0.4 is 16.0 Å². The summed E-state index contributed by atoms with van der Waals surface area (Å²) in [5, 5.41) is 7.86. The predicted molar refractivity (Wildman–Crippen MR) is 101 cm³/mol. The average molecular weight is 379 g/mol. The highest BCUT2D eigenvalue weighted by Gasteiger charge is 2.24. The van der Waals surface area contributed by atoms with Crippen LogP contribution in [0.3, 0.4) is 0 Å². The lowest BCUT2D eigenvalue weighted by molar-refractivity contribution is -0.123. The Morgan fingerprint density at radius 3 is 2.30 bits per heavy atom. The van der Waals surface area contributed by atoms with Crippen molar-refractivity contribution in [2.45, 2.75) is 52.3 Å². The van der Waals surface area contributed by atoms with Gasteiger partial charge in [0.15, 0.2) is 0 Å². The number of ether oxygens (including phenoxy) is 2. The van der Waals surface area contributed by atoms with Crippen LogP contribution in [0.1, 0.15) is 39.7 Å². The number of hydrogen-bond acceptors (Lipinski definition) is 5. The molecule has 8 nitrogen and oxygen atoms in total. The molecule has 1 atom stereocenters. The highest BCUT2D eigenvalue weighted by Crippen LogP contribution is 2.07. The molecule has 8 heteroatoms. The van der Waals surface area contributed by atoms with Crippen LogP contribution in [0, 0.1) is 0 Å². The molecule has 1 rings (SSSR count). The second-order valence-corrected chi connectivity index (χ2v) is 6.84. The van der Waals surface area contributed by atoms with Gasteiger partial charge in [-0.1, -0.05) is 30.3 Å². The van der Waals surface area contributed by atoms with Crippen LogP contribution in [0.5, 0.6) is 0 Å². The molecular weight excluding hydrogens is 350 g/mol. The van der Waals surface area contributed by atoms with Crippen molar-refractivity contribution >= 4 is 18.1 Å². The van der Waals surface area contributed by atoms with Crippen LogP contribution in [0.2, 0.25) is 0 Å². The lowest BCUT2D eigenvalue weighted by atomic mass is 10.1. The Labute approximate surface area is 160 Å². The third kappa shape index (κ3) is 10.1.